The molecule has 0 spiro atoms. The van der Waals surface area contributed by atoms with Gasteiger partial charge in [-0.1, -0.05) is 30.3 Å². The van der Waals surface area contributed by atoms with Crippen LogP contribution in [-0.4, -0.2) is 25.6 Å². The first kappa shape index (κ1) is 20.9. The second-order valence-electron chi connectivity index (χ2n) is 6.27. The van der Waals surface area contributed by atoms with Gasteiger partial charge in [0.25, 0.3) is 5.91 Å². The largest absolute Gasteiger partial charge is 0.497 e. The lowest BCUT2D eigenvalue weighted by Gasteiger charge is -2.12. The highest BCUT2D eigenvalue weighted by molar-refractivity contribution is 5.96. The van der Waals surface area contributed by atoms with Crippen molar-refractivity contribution in [3.05, 3.63) is 89.7 Å². The molecule has 1 amide bonds. The summed E-state index contributed by atoms with van der Waals surface area (Å²) < 4.78 is 28.9. The zero-order valence-corrected chi connectivity index (χ0v) is 16.3. The Kier molecular flexibility index (Phi) is 7.00. The first-order valence-corrected chi connectivity index (χ1v) is 9.12. The summed E-state index contributed by atoms with van der Waals surface area (Å²) in [6, 6.07) is 19.2. The summed E-state index contributed by atoms with van der Waals surface area (Å²) in [6.45, 7) is -0.302. The van der Waals surface area contributed by atoms with E-state index in [1.807, 2.05) is 0 Å². The van der Waals surface area contributed by atoms with E-state index in [0.717, 1.165) is 5.56 Å². The van der Waals surface area contributed by atoms with E-state index in [4.69, 9.17) is 14.2 Å². The third-order valence-corrected chi connectivity index (χ3v) is 4.10. The first-order valence-electron chi connectivity index (χ1n) is 9.12. The van der Waals surface area contributed by atoms with E-state index in [0.29, 0.717) is 17.2 Å². The van der Waals surface area contributed by atoms with Crippen LogP contribution in [0.2, 0.25) is 0 Å². The molecule has 3 aromatic carbocycles. The monoisotopic (exact) mass is 409 g/mol. The number of hydrogen-bond donors (Lipinski definition) is 1. The van der Waals surface area contributed by atoms with E-state index < -0.39 is 18.5 Å². The third kappa shape index (κ3) is 5.81. The normalized spacial score (nSPS) is 10.2. The number of amides is 1. The Morgan fingerprint density at radius 3 is 2.50 bits per heavy atom. The predicted molar refractivity (Wildman–Crippen MR) is 109 cm³/mol. The van der Waals surface area contributed by atoms with Crippen molar-refractivity contribution in [2.24, 2.45) is 0 Å². The van der Waals surface area contributed by atoms with Crippen LogP contribution in [0.5, 0.6) is 11.5 Å². The first-order chi connectivity index (χ1) is 14.5. The summed E-state index contributed by atoms with van der Waals surface area (Å²) in [5.74, 6) is -0.612. The van der Waals surface area contributed by atoms with Crippen LogP contribution in [0.3, 0.4) is 0 Å². The van der Waals surface area contributed by atoms with Crippen LogP contribution in [0, 0.1) is 5.82 Å². The summed E-state index contributed by atoms with van der Waals surface area (Å²) in [5.41, 5.74) is 1.46. The Hall–Kier alpha value is -3.87. The molecule has 0 aliphatic carbocycles. The van der Waals surface area contributed by atoms with Crippen LogP contribution in [0.25, 0.3) is 0 Å². The number of methoxy groups -OCH3 is 1. The van der Waals surface area contributed by atoms with Crippen molar-refractivity contribution < 1.29 is 28.2 Å². The van der Waals surface area contributed by atoms with Gasteiger partial charge in [0, 0.05) is 11.8 Å². The van der Waals surface area contributed by atoms with Crippen molar-refractivity contribution in [2.45, 2.75) is 6.61 Å². The zero-order chi connectivity index (χ0) is 21.3. The number of carbonyl (C=O) groups is 2. The van der Waals surface area contributed by atoms with Gasteiger partial charge in [-0.25, -0.2) is 9.18 Å². The molecule has 154 valence electrons. The van der Waals surface area contributed by atoms with E-state index in [9.17, 15) is 14.0 Å². The molecule has 0 aliphatic rings. The van der Waals surface area contributed by atoms with Crippen LogP contribution in [0.4, 0.5) is 10.1 Å². The average Bonchev–Trinajstić information content (AvgIpc) is 2.77. The van der Waals surface area contributed by atoms with E-state index in [-0.39, 0.29) is 18.0 Å². The molecule has 30 heavy (non-hydrogen) atoms. The minimum Gasteiger partial charge on any atom is -0.497 e. The quantitative estimate of drug-likeness (QED) is 0.564. The molecule has 0 atom stereocenters. The molecule has 0 unspecified atom stereocenters. The van der Waals surface area contributed by atoms with Crippen molar-refractivity contribution in [3.63, 3.8) is 0 Å². The van der Waals surface area contributed by atoms with Crippen LogP contribution in [-0.2, 0) is 16.1 Å². The van der Waals surface area contributed by atoms with Gasteiger partial charge in [-0.2, -0.15) is 0 Å². The third-order valence-electron chi connectivity index (χ3n) is 4.10. The number of benzene rings is 3. The minimum atomic E-state index is -0.689. The van der Waals surface area contributed by atoms with Gasteiger partial charge in [0.1, 0.15) is 29.5 Å². The van der Waals surface area contributed by atoms with Gasteiger partial charge in [0.2, 0.25) is 0 Å². The van der Waals surface area contributed by atoms with Gasteiger partial charge < -0.3 is 19.5 Å². The Balaban J connectivity index is 1.57. The van der Waals surface area contributed by atoms with Crippen molar-refractivity contribution in [3.8, 4) is 11.5 Å². The van der Waals surface area contributed by atoms with Crippen LogP contribution < -0.4 is 14.8 Å². The number of rotatable bonds is 8. The number of ether oxygens (including phenoxy) is 3. The maximum Gasteiger partial charge on any atom is 0.342 e. The fourth-order valence-electron chi connectivity index (χ4n) is 2.61. The lowest BCUT2D eigenvalue weighted by atomic mass is 10.2. The Bertz CT molecular complexity index is 1020. The van der Waals surface area contributed by atoms with E-state index in [1.165, 1.54) is 19.2 Å². The molecular weight excluding hydrogens is 389 g/mol. The summed E-state index contributed by atoms with van der Waals surface area (Å²) >= 11 is 0. The number of anilines is 1. The Labute approximate surface area is 173 Å². The number of para-hydroxylation sites is 1. The van der Waals surface area contributed by atoms with Crippen LogP contribution in [0.15, 0.2) is 72.8 Å². The lowest BCUT2D eigenvalue weighted by molar-refractivity contribution is -0.119. The summed E-state index contributed by atoms with van der Waals surface area (Å²) in [4.78, 5) is 24.5. The summed E-state index contributed by atoms with van der Waals surface area (Å²) in [6.07, 6.45) is 0. The van der Waals surface area contributed by atoms with Gasteiger partial charge in [-0.15, -0.1) is 0 Å². The molecule has 7 heteroatoms. The van der Waals surface area contributed by atoms with Gasteiger partial charge in [-0.05, 0) is 42.0 Å². The predicted octanol–water partition coefficient (Wildman–Crippen LogP) is 4.21. The second kappa shape index (κ2) is 10.1. The number of esters is 1. The molecule has 0 saturated carbocycles. The van der Waals surface area contributed by atoms with E-state index in [2.05, 4.69) is 5.32 Å². The highest BCUT2D eigenvalue weighted by atomic mass is 19.1. The maximum absolute atomic E-state index is 13.0. The average molecular weight is 409 g/mol. The minimum absolute atomic E-state index is 0.154. The highest BCUT2D eigenvalue weighted by Crippen LogP contribution is 2.21. The smallest absolute Gasteiger partial charge is 0.342 e. The lowest BCUT2D eigenvalue weighted by Crippen LogP contribution is -2.21. The number of hydrogen-bond acceptors (Lipinski definition) is 5. The molecule has 1 N–H and O–H groups in total. The van der Waals surface area contributed by atoms with Crippen molar-refractivity contribution in [1.29, 1.82) is 0 Å². The summed E-state index contributed by atoms with van der Waals surface area (Å²) in [7, 11) is 1.53. The molecule has 0 aromatic heterocycles. The maximum atomic E-state index is 13.0. The highest BCUT2D eigenvalue weighted by Gasteiger charge is 2.15. The van der Waals surface area contributed by atoms with E-state index >= 15 is 0 Å². The summed E-state index contributed by atoms with van der Waals surface area (Å²) in [5, 5.41) is 2.63. The van der Waals surface area contributed by atoms with Gasteiger partial charge in [0.15, 0.2) is 6.61 Å². The van der Waals surface area contributed by atoms with Crippen molar-refractivity contribution >= 4 is 17.6 Å². The molecule has 3 rings (SSSR count). The van der Waals surface area contributed by atoms with Gasteiger partial charge in [-0.3, -0.25) is 4.79 Å². The van der Waals surface area contributed by atoms with Crippen LogP contribution in [0.1, 0.15) is 15.9 Å². The fraction of sp³-hybridized carbons (Fsp3) is 0.130. The van der Waals surface area contributed by atoms with Crippen molar-refractivity contribution in [2.75, 3.05) is 19.0 Å². The molecular formula is C23H20FNO5. The zero-order valence-electron chi connectivity index (χ0n) is 16.3. The fourth-order valence-corrected chi connectivity index (χ4v) is 2.61. The Morgan fingerprint density at radius 1 is 0.967 bits per heavy atom. The second-order valence-corrected chi connectivity index (χ2v) is 6.27. The standard InChI is InChI=1S/C23H20FNO5/c1-28-19-6-4-5-18(13-19)25-22(26)15-30-23(27)20-7-2-3-8-21(20)29-14-16-9-11-17(24)12-10-16/h2-13H,14-15H2,1H3,(H,25,26). The molecule has 0 aliphatic heterocycles. The topological polar surface area (TPSA) is 73.9 Å². The molecule has 6 nitrogen and oxygen atoms in total. The number of halogens is 1. The number of carbonyl (C=O) groups excluding carboxylic acids is 2. The molecule has 0 fully saturated rings. The molecule has 0 saturated heterocycles. The molecule has 0 heterocycles. The molecule has 0 radical (unpaired) electrons. The molecule has 3 aromatic rings. The van der Waals surface area contributed by atoms with E-state index in [1.54, 1.807) is 60.7 Å². The Morgan fingerprint density at radius 2 is 1.73 bits per heavy atom. The molecule has 0 bridgehead atoms. The van der Waals surface area contributed by atoms with Gasteiger partial charge >= 0.3 is 5.97 Å². The van der Waals surface area contributed by atoms with Gasteiger partial charge in [0.05, 0.1) is 7.11 Å². The van der Waals surface area contributed by atoms with Crippen LogP contribution >= 0.6 is 0 Å². The number of nitrogens with one attached hydrogen (secondary N) is 1. The SMILES string of the molecule is COc1cccc(NC(=O)COC(=O)c2ccccc2OCc2ccc(F)cc2)c1. The van der Waals surface area contributed by atoms with Crippen molar-refractivity contribution in [1.82, 2.24) is 0 Å².